The number of aliphatic hydroxyl groups excluding tert-OH is 1. The maximum atomic E-state index is 11.7. The highest BCUT2D eigenvalue weighted by atomic mass is 32.2. The summed E-state index contributed by atoms with van der Waals surface area (Å²) in [6.07, 6.45) is 0.932. The van der Waals surface area contributed by atoms with Crippen molar-refractivity contribution in [3.63, 3.8) is 0 Å². The van der Waals surface area contributed by atoms with Crippen LogP contribution in [0.15, 0.2) is 23.1 Å². The van der Waals surface area contributed by atoms with E-state index in [2.05, 4.69) is 0 Å². The van der Waals surface area contributed by atoms with Crippen molar-refractivity contribution in [1.29, 1.82) is 0 Å². The molecule has 1 aromatic carbocycles. The largest absolute Gasteiger partial charge is 0.394 e. The first-order chi connectivity index (χ1) is 9.86. The molecule has 0 saturated carbocycles. The Balaban J connectivity index is 2.60. The van der Waals surface area contributed by atoms with Crippen molar-refractivity contribution in [2.75, 3.05) is 37.5 Å². The lowest BCUT2D eigenvalue weighted by atomic mass is 10.1. The molecule has 1 heterocycles. The van der Waals surface area contributed by atoms with Gasteiger partial charge in [0.15, 0.2) is 9.84 Å². The van der Waals surface area contributed by atoms with Crippen LogP contribution in [-0.4, -0.2) is 57.1 Å². The number of hydrogen-bond donors (Lipinski definition) is 1. The fourth-order valence-corrected chi connectivity index (χ4v) is 3.20. The molecule has 1 aliphatic heterocycles. The predicted octanol–water partition coefficient (Wildman–Crippen LogP) is 0.196. The number of ether oxygens (including phenoxy) is 1. The summed E-state index contributed by atoms with van der Waals surface area (Å²) in [5, 5.41) is 20.7. The molecule has 8 nitrogen and oxygen atoms in total. The normalized spacial score (nSPS) is 19.5. The molecule has 0 amide bonds. The first kappa shape index (κ1) is 15.7. The highest BCUT2D eigenvalue weighted by Crippen LogP contribution is 2.36. The fourth-order valence-electron chi connectivity index (χ4n) is 2.35. The SMILES string of the molecule is CS(=O)(=O)c1cccc(N2CCOCC2CO)c1[N+](=O)[O-]. The molecule has 1 N–H and O–H groups in total. The molecule has 1 unspecified atom stereocenters. The van der Waals surface area contributed by atoms with Gasteiger partial charge in [-0.2, -0.15) is 0 Å². The number of hydrogen-bond acceptors (Lipinski definition) is 7. The van der Waals surface area contributed by atoms with Crippen LogP contribution >= 0.6 is 0 Å². The van der Waals surface area contributed by atoms with Gasteiger partial charge in [-0.15, -0.1) is 0 Å². The lowest BCUT2D eigenvalue weighted by Crippen LogP contribution is -2.48. The van der Waals surface area contributed by atoms with E-state index < -0.39 is 26.5 Å². The van der Waals surface area contributed by atoms with Gasteiger partial charge in [0, 0.05) is 12.8 Å². The molecule has 0 radical (unpaired) electrons. The molecular weight excluding hydrogens is 300 g/mol. The zero-order valence-corrected chi connectivity index (χ0v) is 12.2. The van der Waals surface area contributed by atoms with Crippen LogP contribution in [0.2, 0.25) is 0 Å². The van der Waals surface area contributed by atoms with Gasteiger partial charge in [-0.25, -0.2) is 8.42 Å². The van der Waals surface area contributed by atoms with Crippen LogP contribution in [0, 0.1) is 10.1 Å². The molecule has 2 rings (SSSR count). The third-order valence-electron chi connectivity index (χ3n) is 3.31. The fraction of sp³-hybridized carbons (Fsp3) is 0.500. The quantitative estimate of drug-likeness (QED) is 0.624. The number of anilines is 1. The van der Waals surface area contributed by atoms with Gasteiger partial charge >= 0.3 is 5.69 Å². The average molecular weight is 316 g/mol. The maximum Gasteiger partial charge on any atom is 0.311 e. The van der Waals surface area contributed by atoms with Crippen molar-refractivity contribution in [1.82, 2.24) is 0 Å². The first-order valence-electron chi connectivity index (χ1n) is 6.29. The molecule has 1 aliphatic rings. The lowest BCUT2D eigenvalue weighted by Gasteiger charge is -2.36. The van der Waals surface area contributed by atoms with Gasteiger partial charge in [0.2, 0.25) is 0 Å². The highest BCUT2D eigenvalue weighted by molar-refractivity contribution is 7.90. The second kappa shape index (κ2) is 5.96. The average Bonchev–Trinajstić information content (AvgIpc) is 2.45. The maximum absolute atomic E-state index is 11.7. The minimum atomic E-state index is -3.73. The monoisotopic (exact) mass is 316 g/mol. The third-order valence-corrected chi connectivity index (χ3v) is 4.44. The van der Waals surface area contributed by atoms with E-state index in [1.165, 1.54) is 18.2 Å². The number of nitrogens with zero attached hydrogens (tertiary/aromatic N) is 2. The van der Waals surface area contributed by atoms with Crippen LogP contribution < -0.4 is 4.90 Å². The number of nitro benzene ring substituents is 1. The van der Waals surface area contributed by atoms with Gasteiger partial charge in [0.1, 0.15) is 10.6 Å². The Kier molecular flexibility index (Phi) is 4.45. The van der Waals surface area contributed by atoms with Crippen LogP contribution in [0.4, 0.5) is 11.4 Å². The Morgan fingerprint density at radius 3 is 2.81 bits per heavy atom. The molecular formula is C12H16N2O6S. The Morgan fingerprint density at radius 1 is 1.52 bits per heavy atom. The van der Waals surface area contributed by atoms with Gasteiger partial charge in [-0.3, -0.25) is 10.1 Å². The molecule has 116 valence electrons. The zero-order valence-electron chi connectivity index (χ0n) is 11.4. The number of aliphatic hydroxyl groups is 1. The Morgan fingerprint density at radius 2 is 2.24 bits per heavy atom. The van der Waals surface area contributed by atoms with Crippen molar-refractivity contribution in [3.8, 4) is 0 Å². The Hall–Kier alpha value is -1.71. The van der Waals surface area contributed by atoms with Crippen molar-refractivity contribution in [3.05, 3.63) is 28.3 Å². The second-order valence-corrected chi connectivity index (χ2v) is 6.74. The van der Waals surface area contributed by atoms with Gasteiger partial charge in [0.05, 0.1) is 30.8 Å². The van der Waals surface area contributed by atoms with Crippen molar-refractivity contribution >= 4 is 21.2 Å². The molecule has 1 aromatic rings. The smallest absolute Gasteiger partial charge is 0.311 e. The number of rotatable bonds is 4. The summed E-state index contributed by atoms with van der Waals surface area (Å²) in [4.78, 5) is 11.9. The molecule has 0 bridgehead atoms. The van der Waals surface area contributed by atoms with Crippen molar-refractivity contribution in [2.24, 2.45) is 0 Å². The van der Waals surface area contributed by atoms with Crippen LogP contribution in [-0.2, 0) is 14.6 Å². The lowest BCUT2D eigenvalue weighted by molar-refractivity contribution is -0.387. The molecule has 21 heavy (non-hydrogen) atoms. The number of sulfone groups is 1. The van der Waals surface area contributed by atoms with E-state index in [1.807, 2.05) is 0 Å². The molecule has 0 spiro atoms. The van der Waals surface area contributed by atoms with E-state index in [1.54, 1.807) is 4.90 Å². The molecule has 9 heteroatoms. The Labute approximate surface area is 122 Å². The summed E-state index contributed by atoms with van der Waals surface area (Å²) >= 11 is 0. The van der Waals surface area contributed by atoms with E-state index in [0.717, 1.165) is 6.26 Å². The number of nitro groups is 1. The third kappa shape index (κ3) is 3.14. The number of morpholine rings is 1. The molecule has 0 aromatic heterocycles. The second-order valence-electron chi connectivity index (χ2n) is 4.76. The molecule has 0 aliphatic carbocycles. The van der Waals surface area contributed by atoms with Crippen LogP contribution in [0.3, 0.4) is 0 Å². The summed E-state index contributed by atoms with van der Waals surface area (Å²) < 4.78 is 28.7. The highest BCUT2D eigenvalue weighted by Gasteiger charge is 2.32. The van der Waals surface area contributed by atoms with Gasteiger partial charge in [-0.1, -0.05) is 6.07 Å². The zero-order chi connectivity index (χ0) is 15.6. The predicted molar refractivity (Wildman–Crippen MR) is 75.2 cm³/mol. The summed E-state index contributed by atoms with van der Waals surface area (Å²) in [6.45, 7) is 0.701. The van der Waals surface area contributed by atoms with Crippen molar-refractivity contribution in [2.45, 2.75) is 10.9 Å². The van der Waals surface area contributed by atoms with Crippen LogP contribution in [0.25, 0.3) is 0 Å². The number of benzene rings is 1. The summed E-state index contributed by atoms with van der Waals surface area (Å²) in [6, 6.07) is 3.72. The summed E-state index contributed by atoms with van der Waals surface area (Å²) in [5.74, 6) is 0. The molecule has 1 saturated heterocycles. The summed E-state index contributed by atoms with van der Waals surface area (Å²) in [7, 11) is -3.73. The van der Waals surface area contributed by atoms with Crippen LogP contribution in [0.1, 0.15) is 0 Å². The van der Waals surface area contributed by atoms with E-state index in [0.29, 0.717) is 13.2 Å². The Bertz CT molecular complexity index is 645. The van der Waals surface area contributed by atoms with E-state index >= 15 is 0 Å². The van der Waals surface area contributed by atoms with E-state index in [9.17, 15) is 23.6 Å². The van der Waals surface area contributed by atoms with Crippen LogP contribution in [0.5, 0.6) is 0 Å². The molecule has 1 atom stereocenters. The number of para-hydroxylation sites is 1. The van der Waals surface area contributed by atoms with Crippen molar-refractivity contribution < 1.29 is 23.2 Å². The summed E-state index contributed by atoms with van der Waals surface area (Å²) in [5.41, 5.74) is -0.273. The van der Waals surface area contributed by atoms with E-state index in [4.69, 9.17) is 4.74 Å². The molecule has 1 fully saturated rings. The first-order valence-corrected chi connectivity index (χ1v) is 8.18. The minimum absolute atomic E-state index is 0.185. The van der Waals surface area contributed by atoms with Gasteiger partial charge in [-0.05, 0) is 12.1 Å². The standard InChI is InChI=1S/C12H16N2O6S/c1-21(18,19)11-4-2-3-10(12(11)14(16)17)13-5-6-20-8-9(13)7-15/h2-4,9,15H,5-8H2,1H3. The minimum Gasteiger partial charge on any atom is -0.394 e. The van der Waals surface area contributed by atoms with Gasteiger partial charge in [0.25, 0.3) is 0 Å². The van der Waals surface area contributed by atoms with E-state index in [-0.39, 0.29) is 23.8 Å². The topological polar surface area (TPSA) is 110 Å². The van der Waals surface area contributed by atoms with Gasteiger partial charge < -0.3 is 14.7 Å².